The molecule has 3 N–H and O–H groups in total. The van der Waals surface area contributed by atoms with Gasteiger partial charge >= 0.3 is 0 Å². The van der Waals surface area contributed by atoms with Crippen LogP contribution in [0.3, 0.4) is 0 Å². The van der Waals surface area contributed by atoms with Crippen molar-refractivity contribution in [3.63, 3.8) is 0 Å². The van der Waals surface area contributed by atoms with Crippen molar-refractivity contribution >= 4 is 17.3 Å². The predicted molar refractivity (Wildman–Crippen MR) is 91.4 cm³/mol. The molecule has 0 saturated heterocycles. The summed E-state index contributed by atoms with van der Waals surface area (Å²) >= 11 is 6.11. The predicted octanol–water partition coefficient (Wildman–Crippen LogP) is 3.99. The van der Waals surface area contributed by atoms with E-state index >= 15 is 0 Å². The summed E-state index contributed by atoms with van der Waals surface area (Å²) in [6.07, 6.45) is 0. The van der Waals surface area contributed by atoms with Crippen LogP contribution in [0.25, 0.3) is 0 Å². The lowest BCUT2D eigenvalue weighted by molar-refractivity contribution is 0.394. The van der Waals surface area contributed by atoms with Crippen LogP contribution in [0.4, 0.5) is 5.69 Å². The summed E-state index contributed by atoms with van der Waals surface area (Å²) in [5.74, 6) is 0.515. The highest BCUT2D eigenvalue weighted by Crippen LogP contribution is 2.43. The lowest BCUT2D eigenvalue weighted by atomic mass is 9.83. The first kappa shape index (κ1) is 15.3. The molecule has 2 aromatic carbocycles. The van der Waals surface area contributed by atoms with E-state index in [0.29, 0.717) is 16.3 Å². The van der Waals surface area contributed by atoms with Crippen molar-refractivity contribution in [3.05, 3.63) is 70.1 Å². The van der Waals surface area contributed by atoms with Gasteiger partial charge in [0.1, 0.15) is 17.4 Å². The number of halogens is 1. The number of nitrogens with two attached hydrogens (primary N) is 1. The van der Waals surface area contributed by atoms with E-state index in [4.69, 9.17) is 22.1 Å². The van der Waals surface area contributed by atoms with Crippen LogP contribution in [0.5, 0.6) is 5.75 Å². The van der Waals surface area contributed by atoms with Gasteiger partial charge in [-0.1, -0.05) is 29.8 Å². The van der Waals surface area contributed by atoms with Crippen LogP contribution < -0.4 is 15.8 Å². The Balaban J connectivity index is 2.16. The molecule has 3 rings (SSSR count). The van der Waals surface area contributed by atoms with E-state index in [1.165, 1.54) is 0 Å². The van der Waals surface area contributed by atoms with Crippen LogP contribution >= 0.6 is 11.6 Å². The quantitative estimate of drug-likeness (QED) is 0.895. The maximum absolute atomic E-state index is 9.51. The number of ether oxygens (including phenoxy) is 1. The fraction of sp³-hybridized carbons (Fsp3) is 0.167. The van der Waals surface area contributed by atoms with Gasteiger partial charge in [-0.15, -0.1) is 0 Å². The number of fused-ring (bicyclic) bond motifs is 1. The topological polar surface area (TPSA) is 71.1 Å². The number of hydrogen-bond donors (Lipinski definition) is 2. The number of anilines is 1. The number of rotatable bonds is 3. The van der Waals surface area contributed by atoms with Gasteiger partial charge in [-0.25, -0.2) is 0 Å². The number of hydrogen-bond acceptors (Lipinski definition) is 4. The van der Waals surface area contributed by atoms with E-state index in [0.717, 1.165) is 23.4 Å². The van der Waals surface area contributed by atoms with Crippen LogP contribution in [-0.4, -0.2) is 6.54 Å². The first-order chi connectivity index (χ1) is 11.1. The van der Waals surface area contributed by atoms with Crippen molar-refractivity contribution in [2.75, 3.05) is 11.9 Å². The zero-order chi connectivity index (χ0) is 16.4. The minimum absolute atomic E-state index is 0.138. The number of allylic oxidation sites excluding steroid dienone is 1. The average Bonchev–Trinajstić information content (AvgIpc) is 2.53. The fourth-order valence-electron chi connectivity index (χ4n) is 2.80. The zero-order valence-corrected chi connectivity index (χ0v) is 13.4. The molecule has 0 saturated carbocycles. The number of nitrogens with one attached hydrogen (secondary N) is 1. The van der Waals surface area contributed by atoms with Crippen molar-refractivity contribution in [2.45, 2.75) is 12.8 Å². The van der Waals surface area contributed by atoms with E-state index < -0.39 is 0 Å². The molecule has 1 heterocycles. The van der Waals surface area contributed by atoms with E-state index in [1.807, 2.05) is 43.3 Å². The first-order valence-corrected chi connectivity index (χ1v) is 7.72. The van der Waals surface area contributed by atoms with E-state index in [9.17, 15) is 5.26 Å². The van der Waals surface area contributed by atoms with Gasteiger partial charge in [0.15, 0.2) is 0 Å². The average molecular weight is 326 g/mol. The smallest absolute Gasteiger partial charge is 0.205 e. The maximum atomic E-state index is 9.51. The molecule has 0 fully saturated rings. The lowest BCUT2D eigenvalue weighted by Crippen LogP contribution is -2.21. The van der Waals surface area contributed by atoms with Gasteiger partial charge in [-0.3, -0.25) is 0 Å². The SMILES string of the molecule is CCNc1ccc2c(c1)OC(N)=C(C#N)C2c1cccc(Cl)c1. The van der Waals surface area contributed by atoms with Crippen molar-refractivity contribution in [1.29, 1.82) is 5.26 Å². The van der Waals surface area contributed by atoms with Gasteiger partial charge in [0.2, 0.25) is 5.88 Å². The Hall–Kier alpha value is -2.64. The minimum atomic E-state index is -0.280. The first-order valence-electron chi connectivity index (χ1n) is 7.35. The van der Waals surface area contributed by atoms with E-state index in [1.54, 1.807) is 6.07 Å². The molecule has 0 amide bonds. The van der Waals surface area contributed by atoms with Gasteiger partial charge < -0.3 is 15.8 Å². The van der Waals surface area contributed by atoms with E-state index in [2.05, 4.69) is 11.4 Å². The van der Waals surface area contributed by atoms with Crippen molar-refractivity contribution in [2.24, 2.45) is 5.73 Å². The monoisotopic (exact) mass is 325 g/mol. The maximum Gasteiger partial charge on any atom is 0.205 e. The molecule has 0 aliphatic carbocycles. The summed E-state index contributed by atoms with van der Waals surface area (Å²) in [4.78, 5) is 0. The van der Waals surface area contributed by atoms with Crippen LogP contribution in [0.2, 0.25) is 5.02 Å². The van der Waals surface area contributed by atoms with Gasteiger partial charge in [0.05, 0.1) is 5.92 Å². The second-order valence-electron chi connectivity index (χ2n) is 5.26. The Labute approximate surface area is 140 Å². The van der Waals surface area contributed by atoms with Gasteiger partial charge in [0, 0.05) is 28.9 Å². The third-order valence-electron chi connectivity index (χ3n) is 3.78. The van der Waals surface area contributed by atoms with Gasteiger partial charge in [0.25, 0.3) is 0 Å². The van der Waals surface area contributed by atoms with Crippen molar-refractivity contribution < 1.29 is 4.74 Å². The summed E-state index contributed by atoms with van der Waals surface area (Å²) < 4.78 is 5.67. The third kappa shape index (κ3) is 2.84. The molecule has 1 aliphatic heterocycles. The second-order valence-corrected chi connectivity index (χ2v) is 5.70. The number of benzene rings is 2. The van der Waals surface area contributed by atoms with Crippen LogP contribution in [0.15, 0.2) is 53.9 Å². The van der Waals surface area contributed by atoms with Gasteiger partial charge in [-0.05, 0) is 30.7 Å². The Morgan fingerprint density at radius 1 is 1.30 bits per heavy atom. The van der Waals surface area contributed by atoms with E-state index in [-0.39, 0.29) is 11.8 Å². The number of nitriles is 1. The molecule has 1 aliphatic rings. The molecule has 1 atom stereocenters. The molecular weight excluding hydrogens is 310 g/mol. The highest BCUT2D eigenvalue weighted by molar-refractivity contribution is 6.30. The highest BCUT2D eigenvalue weighted by Gasteiger charge is 2.30. The minimum Gasteiger partial charge on any atom is -0.440 e. The lowest BCUT2D eigenvalue weighted by Gasteiger charge is -2.27. The van der Waals surface area contributed by atoms with Gasteiger partial charge in [-0.2, -0.15) is 5.26 Å². The summed E-state index contributed by atoms with van der Waals surface area (Å²) in [6, 6.07) is 15.5. The Kier molecular flexibility index (Phi) is 4.14. The number of nitrogens with zero attached hydrogens (tertiary/aromatic N) is 1. The normalized spacial score (nSPS) is 16.3. The summed E-state index contributed by atoms with van der Waals surface area (Å²) in [7, 11) is 0. The molecule has 23 heavy (non-hydrogen) atoms. The largest absolute Gasteiger partial charge is 0.440 e. The summed E-state index contributed by atoms with van der Waals surface area (Å²) in [5, 5.41) is 13.4. The van der Waals surface area contributed by atoms with Crippen LogP contribution in [-0.2, 0) is 0 Å². The van der Waals surface area contributed by atoms with Crippen molar-refractivity contribution in [3.8, 4) is 11.8 Å². The Morgan fingerprint density at radius 3 is 2.83 bits per heavy atom. The molecule has 0 aromatic heterocycles. The van der Waals surface area contributed by atoms with Crippen LogP contribution in [0, 0.1) is 11.3 Å². The summed E-state index contributed by atoms with van der Waals surface area (Å²) in [6.45, 7) is 2.84. The molecule has 0 bridgehead atoms. The molecule has 116 valence electrons. The fourth-order valence-corrected chi connectivity index (χ4v) is 3.00. The molecule has 4 nitrogen and oxygen atoms in total. The molecule has 0 spiro atoms. The molecule has 1 unspecified atom stereocenters. The molecule has 0 radical (unpaired) electrons. The summed E-state index contributed by atoms with van der Waals surface area (Å²) in [5.41, 5.74) is 9.14. The standard InChI is InChI=1S/C18H16ClN3O/c1-2-22-13-6-7-14-16(9-13)23-18(21)15(10-20)17(14)11-4-3-5-12(19)8-11/h3-9,17,22H,2,21H2,1H3. The third-order valence-corrected chi connectivity index (χ3v) is 4.02. The van der Waals surface area contributed by atoms with Crippen LogP contribution in [0.1, 0.15) is 24.0 Å². The molecular formula is C18H16ClN3O. The Morgan fingerprint density at radius 2 is 2.13 bits per heavy atom. The Bertz CT molecular complexity index is 823. The molecule has 2 aromatic rings. The molecule has 5 heteroatoms. The second kappa shape index (κ2) is 6.23. The van der Waals surface area contributed by atoms with Crippen molar-refractivity contribution in [1.82, 2.24) is 0 Å². The zero-order valence-electron chi connectivity index (χ0n) is 12.6. The highest BCUT2D eigenvalue weighted by atomic mass is 35.5.